The fourth-order valence-corrected chi connectivity index (χ4v) is 2.12. The number of hydrogen-bond acceptors (Lipinski definition) is 3. The molecule has 1 saturated heterocycles. The van der Waals surface area contributed by atoms with Crippen molar-refractivity contribution >= 4 is 18.0 Å². The number of nitrogens with zero attached hydrogens (tertiary/aromatic N) is 1. The highest BCUT2D eigenvalue weighted by Gasteiger charge is 2.32. The van der Waals surface area contributed by atoms with E-state index in [2.05, 4.69) is 5.32 Å². The van der Waals surface area contributed by atoms with Gasteiger partial charge in [0.05, 0.1) is 12.8 Å². The molecule has 5 nitrogen and oxygen atoms in total. The van der Waals surface area contributed by atoms with Crippen molar-refractivity contribution in [2.45, 2.75) is 6.54 Å². The molecule has 22 heavy (non-hydrogen) atoms. The smallest absolute Gasteiger partial charge is 0.329 e. The molecule has 3 amide bonds. The largest absolute Gasteiger partial charge is 0.465 e. The van der Waals surface area contributed by atoms with Gasteiger partial charge in [0.2, 0.25) is 0 Å². The van der Waals surface area contributed by atoms with Crippen LogP contribution in [0.15, 0.2) is 71.0 Å². The number of carbonyl (C=O) groups is 2. The maximum Gasteiger partial charge on any atom is 0.329 e. The van der Waals surface area contributed by atoms with Gasteiger partial charge in [-0.05, 0) is 29.8 Å². The lowest BCUT2D eigenvalue weighted by molar-refractivity contribution is -0.123. The summed E-state index contributed by atoms with van der Waals surface area (Å²) in [4.78, 5) is 25.3. The molecule has 2 aromatic rings. The van der Waals surface area contributed by atoms with Crippen molar-refractivity contribution in [2.24, 2.45) is 0 Å². The van der Waals surface area contributed by atoms with Gasteiger partial charge in [-0.2, -0.15) is 0 Å². The first-order valence-electron chi connectivity index (χ1n) is 6.83. The number of benzene rings is 1. The molecule has 3 rings (SSSR count). The summed E-state index contributed by atoms with van der Waals surface area (Å²) in [5.74, 6) is 0.340. The summed E-state index contributed by atoms with van der Waals surface area (Å²) >= 11 is 0. The molecule has 0 unspecified atom stereocenters. The molecule has 0 spiro atoms. The van der Waals surface area contributed by atoms with Crippen LogP contribution < -0.4 is 5.32 Å². The Labute approximate surface area is 127 Å². The molecule has 1 aromatic carbocycles. The van der Waals surface area contributed by atoms with Crippen LogP contribution in [0.3, 0.4) is 0 Å². The lowest BCUT2D eigenvalue weighted by Crippen LogP contribution is -2.30. The van der Waals surface area contributed by atoms with Crippen LogP contribution in [0.4, 0.5) is 4.79 Å². The molecule has 1 aliphatic rings. The number of urea groups is 1. The lowest BCUT2D eigenvalue weighted by atomic mass is 10.2. The monoisotopic (exact) mass is 294 g/mol. The van der Waals surface area contributed by atoms with Crippen LogP contribution in [0.1, 0.15) is 11.3 Å². The Morgan fingerprint density at radius 3 is 2.64 bits per heavy atom. The molecular weight excluding hydrogens is 280 g/mol. The van der Waals surface area contributed by atoms with E-state index < -0.39 is 6.03 Å². The Morgan fingerprint density at radius 2 is 1.91 bits per heavy atom. The molecule has 1 aromatic heterocycles. The number of furan rings is 1. The molecule has 5 heteroatoms. The normalized spacial score (nSPS) is 16.7. The van der Waals surface area contributed by atoms with Crippen LogP contribution in [-0.4, -0.2) is 16.8 Å². The van der Waals surface area contributed by atoms with E-state index in [1.165, 1.54) is 4.90 Å². The van der Waals surface area contributed by atoms with Crippen molar-refractivity contribution in [3.05, 3.63) is 77.9 Å². The minimum Gasteiger partial charge on any atom is -0.465 e. The van der Waals surface area contributed by atoms with Gasteiger partial charge >= 0.3 is 6.03 Å². The molecule has 2 heterocycles. The van der Waals surface area contributed by atoms with Gasteiger partial charge in [0.25, 0.3) is 5.91 Å². The standard InChI is InChI=1S/C17H14N2O3/c20-16-15(10-4-8-14-9-5-11-22-14)18-17(21)19(16)12-13-6-2-1-3-7-13/h1-11H,12H2,(H,18,21)/b8-4+,15-10+. The molecule has 0 atom stereocenters. The molecule has 0 saturated carbocycles. The first kappa shape index (κ1) is 13.9. The first-order valence-corrected chi connectivity index (χ1v) is 6.83. The molecular formula is C17H14N2O3. The van der Waals surface area contributed by atoms with Crippen molar-refractivity contribution < 1.29 is 14.0 Å². The topological polar surface area (TPSA) is 62.6 Å². The Morgan fingerprint density at radius 1 is 1.09 bits per heavy atom. The minimum absolute atomic E-state index is 0.253. The zero-order valence-electron chi connectivity index (χ0n) is 11.7. The third kappa shape index (κ3) is 2.98. The van der Waals surface area contributed by atoms with Crippen molar-refractivity contribution in [3.63, 3.8) is 0 Å². The van der Waals surface area contributed by atoms with Gasteiger partial charge in [-0.1, -0.05) is 36.4 Å². The van der Waals surface area contributed by atoms with Crippen molar-refractivity contribution in [1.29, 1.82) is 0 Å². The average molecular weight is 294 g/mol. The highest BCUT2D eigenvalue weighted by Crippen LogP contribution is 2.14. The summed E-state index contributed by atoms with van der Waals surface area (Å²) in [5, 5.41) is 2.57. The van der Waals surface area contributed by atoms with Crippen LogP contribution in [0.25, 0.3) is 6.08 Å². The highest BCUT2D eigenvalue weighted by molar-refractivity contribution is 6.11. The van der Waals surface area contributed by atoms with Gasteiger partial charge in [0, 0.05) is 0 Å². The minimum atomic E-state index is -0.411. The van der Waals surface area contributed by atoms with Crippen molar-refractivity contribution in [1.82, 2.24) is 10.2 Å². The lowest BCUT2D eigenvalue weighted by Gasteiger charge is -2.11. The fourth-order valence-electron chi connectivity index (χ4n) is 2.12. The molecule has 1 fully saturated rings. The number of amides is 3. The number of allylic oxidation sites excluding steroid dienone is 2. The highest BCUT2D eigenvalue weighted by atomic mass is 16.3. The predicted molar refractivity (Wildman–Crippen MR) is 81.3 cm³/mol. The van der Waals surface area contributed by atoms with Crippen LogP contribution in [0, 0.1) is 0 Å². The fraction of sp³-hybridized carbons (Fsp3) is 0.0588. The van der Waals surface area contributed by atoms with E-state index in [1.54, 1.807) is 36.6 Å². The summed E-state index contributed by atoms with van der Waals surface area (Å²) in [6.45, 7) is 0.255. The quantitative estimate of drug-likeness (QED) is 0.696. The Balaban J connectivity index is 1.71. The molecule has 110 valence electrons. The van der Waals surface area contributed by atoms with E-state index in [9.17, 15) is 9.59 Å². The Kier molecular flexibility index (Phi) is 3.87. The summed E-state index contributed by atoms with van der Waals surface area (Å²) in [7, 11) is 0. The number of hydrogen-bond donors (Lipinski definition) is 1. The average Bonchev–Trinajstić information content (AvgIpc) is 3.13. The summed E-state index contributed by atoms with van der Waals surface area (Å²) in [5.41, 5.74) is 1.15. The van der Waals surface area contributed by atoms with E-state index in [4.69, 9.17) is 4.42 Å². The SMILES string of the molecule is O=C1N/C(=C/C=C/c2ccco2)C(=O)N1Cc1ccccc1. The van der Waals surface area contributed by atoms with Crippen molar-refractivity contribution in [2.75, 3.05) is 0 Å². The maximum absolute atomic E-state index is 12.2. The van der Waals surface area contributed by atoms with Crippen LogP contribution in [0.5, 0.6) is 0 Å². The predicted octanol–water partition coefficient (Wildman–Crippen LogP) is 2.93. The summed E-state index contributed by atoms with van der Waals surface area (Å²) < 4.78 is 5.15. The van der Waals surface area contributed by atoms with E-state index in [0.29, 0.717) is 5.76 Å². The third-order valence-corrected chi connectivity index (χ3v) is 3.21. The van der Waals surface area contributed by atoms with Gasteiger partial charge in [0.1, 0.15) is 11.5 Å². The van der Waals surface area contributed by atoms with Gasteiger partial charge in [-0.25, -0.2) is 4.79 Å². The van der Waals surface area contributed by atoms with E-state index in [1.807, 2.05) is 30.3 Å². The van der Waals surface area contributed by atoms with Gasteiger partial charge in [-0.3, -0.25) is 9.69 Å². The number of imide groups is 1. The molecule has 1 aliphatic heterocycles. The zero-order chi connectivity index (χ0) is 15.4. The van der Waals surface area contributed by atoms with E-state index >= 15 is 0 Å². The second kappa shape index (κ2) is 6.13. The molecule has 0 radical (unpaired) electrons. The molecule has 0 aliphatic carbocycles. The Hall–Kier alpha value is -3.08. The third-order valence-electron chi connectivity index (χ3n) is 3.21. The van der Waals surface area contributed by atoms with Gasteiger partial charge < -0.3 is 9.73 Å². The number of nitrogens with one attached hydrogen (secondary N) is 1. The second-order valence-corrected chi connectivity index (χ2v) is 4.76. The van der Waals surface area contributed by atoms with Gasteiger partial charge in [0.15, 0.2) is 0 Å². The van der Waals surface area contributed by atoms with Crippen LogP contribution in [0.2, 0.25) is 0 Å². The summed E-state index contributed by atoms with van der Waals surface area (Å²) in [6, 6.07) is 12.5. The van der Waals surface area contributed by atoms with Crippen LogP contribution >= 0.6 is 0 Å². The summed E-state index contributed by atoms with van der Waals surface area (Å²) in [6.07, 6.45) is 6.51. The zero-order valence-corrected chi connectivity index (χ0v) is 11.7. The van der Waals surface area contributed by atoms with Crippen molar-refractivity contribution in [3.8, 4) is 0 Å². The first-order chi connectivity index (χ1) is 10.7. The molecule has 0 bridgehead atoms. The van der Waals surface area contributed by atoms with E-state index in [-0.39, 0.29) is 18.1 Å². The van der Waals surface area contributed by atoms with Gasteiger partial charge in [-0.15, -0.1) is 0 Å². The second-order valence-electron chi connectivity index (χ2n) is 4.76. The molecule has 1 N–H and O–H groups in total. The van der Waals surface area contributed by atoms with E-state index in [0.717, 1.165) is 5.56 Å². The van der Waals surface area contributed by atoms with Crippen LogP contribution in [-0.2, 0) is 11.3 Å². The Bertz CT molecular complexity index is 731. The maximum atomic E-state index is 12.2. The number of rotatable bonds is 4. The number of carbonyl (C=O) groups excluding carboxylic acids is 2.